The number of aromatic hydroxyl groups is 2. The molecule has 0 aliphatic heterocycles. The van der Waals surface area contributed by atoms with Crippen molar-refractivity contribution in [2.24, 2.45) is 0 Å². The Hall–Kier alpha value is -7.46. The molecular weight excluding hydrogens is 729 g/mol. The van der Waals surface area contributed by atoms with Crippen molar-refractivity contribution in [1.29, 1.82) is 0 Å². The summed E-state index contributed by atoms with van der Waals surface area (Å²) in [4.78, 5) is 28.5. The standard InChI is InChI=1S/C48H34N4O6/c53-38-12-4-7-29-23-40(57-45(29)38)33-25-37-44(42(43(33)48(55)56)28-15-17-34-26(21-28)9-6-20-49-34)51-47(52(37)32-10-2-1-3-11-32)31-16-18-35-27(22-31)14-19-36(50-35)41-24-30-8-5-13-39(54)46(30)58-41/h4-9,12-25,32,53-54H,1-3,10-11H2,(H,55,56). The Morgan fingerprint density at radius 3 is 2.09 bits per heavy atom. The number of fused-ring (bicyclic) bond motifs is 5. The highest BCUT2D eigenvalue weighted by molar-refractivity contribution is 6.13. The highest BCUT2D eigenvalue weighted by atomic mass is 16.4. The zero-order valence-electron chi connectivity index (χ0n) is 31.0. The number of phenols is 2. The molecule has 1 aliphatic rings. The van der Waals surface area contributed by atoms with Crippen LogP contribution in [0.1, 0.15) is 48.5 Å². The number of carboxylic acid groups (broad SMARTS) is 1. The summed E-state index contributed by atoms with van der Waals surface area (Å²) in [5.41, 5.74) is 6.80. The number of carboxylic acids is 1. The van der Waals surface area contributed by atoms with Crippen molar-refractivity contribution >= 4 is 60.7 Å². The summed E-state index contributed by atoms with van der Waals surface area (Å²) in [6.45, 7) is 0. The molecule has 282 valence electrons. The third kappa shape index (κ3) is 5.40. The van der Waals surface area contributed by atoms with Crippen LogP contribution in [0.15, 0.2) is 130 Å². The van der Waals surface area contributed by atoms with Gasteiger partial charge in [0.1, 0.15) is 17.3 Å². The number of imidazole rings is 1. The number of aromatic nitrogens is 4. The van der Waals surface area contributed by atoms with Crippen LogP contribution in [-0.2, 0) is 0 Å². The molecule has 0 bridgehead atoms. The van der Waals surface area contributed by atoms with Gasteiger partial charge in [0.25, 0.3) is 0 Å². The summed E-state index contributed by atoms with van der Waals surface area (Å²) in [6.07, 6.45) is 6.94. The summed E-state index contributed by atoms with van der Waals surface area (Å²) < 4.78 is 14.6. The average Bonchev–Trinajstić information content (AvgIpc) is 4.00. The maximum Gasteiger partial charge on any atom is 0.337 e. The minimum Gasteiger partial charge on any atom is -0.504 e. The Labute approximate surface area is 330 Å². The normalized spacial score (nSPS) is 13.7. The number of carbonyl (C=O) groups is 1. The SMILES string of the molecule is O=C(O)c1c(-c2cc3cccc(O)c3o2)cc2c(nc(-c3ccc4nc(-c5cc6cccc(O)c6o5)ccc4c3)n2C2CCCCC2)c1-c1ccc2ncccc2c1. The predicted octanol–water partition coefficient (Wildman–Crippen LogP) is 11.9. The van der Waals surface area contributed by atoms with Crippen LogP contribution in [0.3, 0.4) is 0 Å². The molecule has 3 N–H and O–H groups in total. The van der Waals surface area contributed by atoms with Gasteiger partial charge in [-0.25, -0.2) is 14.8 Å². The molecule has 0 amide bonds. The molecular formula is C48H34N4O6. The zero-order valence-corrected chi connectivity index (χ0v) is 31.0. The number of pyridine rings is 2. The Kier molecular flexibility index (Phi) is 7.62. The van der Waals surface area contributed by atoms with E-state index in [1.165, 1.54) is 0 Å². The second-order valence-corrected chi connectivity index (χ2v) is 15.1. The van der Waals surface area contributed by atoms with Gasteiger partial charge in [-0.05, 0) is 91.2 Å². The Morgan fingerprint density at radius 1 is 0.655 bits per heavy atom. The predicted molar refractivity (Wildman–Crippen MR) is 224 cm³/mol. The van der Waals surface area contributed by atoms with E-state index in [1.807, 2.05) is 78.9 Å². The average molecular weight is 763 g/mol. The molecule has 1 fully saturated rings. The fourth-order valence-corrected chi connectivity index (χ4v) is 8.83. The molecule has 1 aliphatic carbocycles. The number of aromatic carboxylic acids is 1. The van der Waals surface area contributed by atoms with E-state index in [4.69, 9.17) is 18.8 Å². The monoisotopic (exact) mass is 762 g/mol. The van der Waals surface area contributed by atoms with Gasteiger partial charge in [0.2, 0.25) is 0 Å². The molecule has 58 heavy (non-hydrogen) atoms. The minimum absolute atomic E-state index is 0.0201. The van der Waals surface area contributed by atoms with Crippen LogP contribution in [0, 0.1) is 0 Å². The van der Waals surface area contributed by atoms with E-state index in [0.717, 1.165) is 76.2 Å². The largest absolute Gasteiger partial charge is 0.504 e. The third-order valence-corrected chi connectivity index (χ3v) is 11.5. The first-order valence-corrected chi connectivity index (χ1v) is 19.4. The second kappa shape index (κ2) is 13.1. The molecule has 5 heterocycles. The topological polar surface area (TPSA) is 148 Å². The van der Waals surface area contributed by atoms with Crippen molar-refractivity contribution in [3.63, 3.8) is 0 Å². The lowest BCUT2D eigenvalue weighted by Crippen LogP contribution is -2.14. The van der Waals surface area contributed by atoms with Crippen molar-refractivity contribution in [3.8, 4) is 56.8 Å². The summed E-state index contributed by atoms with van der Waals surface area (Å²) in [5, 5.41) is 35.4. The quantitative estimate of drug-likeness (QED) is 0.150. The maximum atomic E-state index is 13.6. The van der Waals surface area contributed by atoms with E-state index in [2.05, 4.69) is 15.6 Å². The van der Waals surface area contributed by atoms with Gasteiger partial charge in [-0.1, -0.05) is 61.7 Å². The van der Waals surface area contributed by atoms with Crippen LogP contribution >= 0.6 is 0 Å². The zero-order chi connectivity index (χ0) is 39.1. The van der Waals surface area contributed by atoms with Crippen LogP contribution in [0.25, 0.3) is 100 Å². The van der Waals surface area contributed by atoms with Crippen LogP contribution < -0.4 is 0 Å². The number of rotatable bonds is 6. The summed E-state index contributed by atoms with van der Waals surface area (Å²) in [7, 11) is 0. The fraction of sp³-hybridized carbons (Fsp3) is 0.125. The van der Waals surface area contributed by atoms with Gasteiger partial charge in [0, 0.05) is 50.5 Å². The number of furan rings is 2. The van der Waals surface area contributed by atoms with E-state index in [9.17, 15) is 20.1 Å². The van der Waals surface area contributed by atoms with E-state index in [1.54, 1.807) is 36.5 Å². The molecule has 11 rings (SSSR count). The molecule has 0 spiro atoms. The van der Waals surface area contributed by atoms with Crippen molar-refractivity contribution in [2.45, 2.75) is 38.1 Å². The van der Waals surface area contributed by atoms with Crippen LogP contribution in [0.4, 0.5) is 0 Å². The first-order chi connectivity index (χ1) is 28.4. The molecule has 0 atom stereocenters. The number of benzene rings is 5. The Balaban J connectivity index is 1.16. The molecule has 1 saturated carbocycles. The highest BCUT2D eigenvalue weighted by Crippen LogP contribution is 2.46. The van der Waals surface area contributed by atoms with E-state index in [-0.39, 0.29) is 23.1 Å². The lowest BCUT2D eigenvalue weighted by atomic mass is 9.91. The minimum atomic E-state index is -1.12. The highest BCUT2D eigenvalue weighted by Gasteiger charge is 2.30. The van der Waals surface area contributed by atoms with Crippen LogP contribution in [0.2, 0.25) is 0 Å². The summed E-state index contributed by atoms with van der Waals surface area (Å²) >= 11 is 0. The van der Waals surface area contributed by atoms with Crippen molar-refractivity contribution in [2.75, 3.05) is 0 Å². The molecule has 0 unspecified atom stereocenters. The molecule has 10 nitrogen and oxygen atoms in total. The smallest absolute Gasteiger partial charge is 0.337 e. The Bertz CT molecular complexity index is 3300. The molecule has 10 aromatic rings. The van der Waals surface area contributed by atoms with E-state index in [0.29, 0.717) is 56.0 Å². The van der Waals surface area contributed by atoms with Crippen molar-refractivity contribution in [3.05, 3.63) is 127 Å². The van der Waals surface area contributed by atoms with Crippen molar-refractivity contribution in [1.82, 2.24) is 19.5 Å². The number of nitrogens with zero attached hydrogens (tertiary/aromatic N) is 4. The van der Waals surface area contributed by atoms with Gasteiger partial charge >= 0.3 is 5.97 Å². The van der Waals surface area contributed by atoms with Gasteiger partial charge in [0.15, 0.2) is 28.4 Å². The van der Waals surface area contributed by atoms with E-state index < -0.39 is 5.97 Å². The number of phenolic OH excluding ortho intramolecular Hbond substituents is 2. The summed E-state index contributed by atoms with van der Waals surface area (Å²) in [5.74, 6) is 0.570. The first-order valence-electron chi connectivity index (χ1n) is 19.4. The molecule has 5 aromatic carbocycles. The third-order valence-electron chi connectivity index (χ3n) is 11.5. The van der Waals surface area contributed by atoms with Gasteiger partial charge in [0.05, 0.1) is 27.6 Å². The molecule has 0 radical (unpaired) electrons. The number of para-hydroxylation sites is 2. The van der Waals surface area contributed by atoms with Gasteiger partial charge in [-0.15, -0.1) is 0 Å². The molecule has 10 heteroatoms. The number of hydrogen-bond acceptors (Lipinski definition) is 8. The van der Waals surface area contributed by atoms with Gasteiger partial charge in [-0.2, -0.15) is 0 Å². The van der Waals surface area contributed by atoms with Crippen LogP contribution in [0.5, 0.6) is 11.5 Å². The maximum absolute atomic E-state index is 13.6. The number of hydrogen-bond donors (Lipinski definition) is 3. The summed E-state index contributed by atoms with van der Waals surface area (Å²) in [6, 6.07) is 35.7. The molecule has 5 aromatic heterocycles. The lowest BCUT2D eigenvalue weighted by molar-refractivity contribution is 0.0698. The lowest BCUT2D eigenvalue weighted by Gasteiger charge is -2.26. The second-order valence-electron chi connectivity index (χ2n) is 15.1. The van der Waals surface area contributed by atoms with Gasteiger partial charge in [-0.3, -0.25) is 4.98 Å². The Morgan fingerprint density at radius 2 is 1.33 bits per heavy atom. The van der Waals surface area contributed by atoms with Crippen LogP contribution in [-0.4, -0.2) is 40.8 Å². The van der Waals surface area contributed by atoms with E-state index >= 15 is 0 Å². The van der Waals surface area contributed by atoms with Crippen molar-refractivity contribution < 1.29 is 28.9 Å². The molecule has 0 saturated heterocycles. The fourth-order valence-electron chi connectivity index (χ4n) is 8.83. The first kappa shape index (κ1) is 33.8. The van der Waals surface area contributed by atoms with Gasteiger partial charge < -0.3 is 28.7 Å².